The predicted molar refractivity (Wildman–Crippen MR) is 48.2 cm³/mol. The van der Waals surface area contributed by atoms with Crippen LogP contribution < -0.4 is 0 Å². The molecule has 12 heavy (non-hydrogen) atoms. The Kier molecular flexibility index (Phi) is 3.50. The Bertz CT molecular complexity index is 132. The molecule has 0 bridgehead atoms. The van der Waals surface area contributed by atoms with Crippen molar-refractivity contribution in [2.24, 2.45) is 0 Å². The smallest absolute Gasteiger partial charge is 0.0817 e. The van der Waals surface area contributed by atoms with Crippen LogP contribution in [0.5, 0.6) is 0 Å². The van der Waals surface area contributed by atoms with Gasteiger partial charge in [-0.15, -0.1) is 0 Å². The Morgan fingerprint density at radius 1 is 1.42 bits per heavy atom. The van der Waals surface area contributed by atoms with Gasteiger partial charge in [0.25, 0.3) is 0 Å². The third-order valence-corrected chi connectivity index (χ3v) is 2.53. The third-order valence-electron chi connectivity index (χ3n) is 2.53. The Morgan fingerprint density at radius 2 is 2.00 bits per heavy atom. The number of hydrogen-bond donors (Lipinski definition) is 1. The van der Waals surface area contributed by atoms with Gasteiger partial charge >= 0.3 is 0 Å². The molecule has 0 aromatic heterocycles. The molecule has 3 nitrogen and oxygen atoms in total. The van der Waals surface area contributed by atoms with Crippen LogP contribution in [0.25, 0.3) is 0 Å². The van der Waals surface area contributed by atoms with Crippen LogP contribution in [0.15, 0.2) is 0 Å². The van der Waals surface area contributed by atoms with Gasteiger partial charge in [-0.3, -0.25) is 0 Å². The molecule has 0 aliphatic carbocycles. The zero-order valence-corrected chi connectivity index (χ0v) is 8.05. The summed E-state index contributed by atoms with van der Waals surface area (Å²) in [7, 11) is 2.04. The van der Waals surface area contributed by atoms with E-state index < -0.39 is 5.60 Å². The highest BCUT2D eigenvalue weighted by Gasteiger charge is 2.30. The normalized spacial score (nSPS) is 23.0. The van der Waals surface area contributed by atoms with E-state index in [0.29, 0.717) is 13.2 Å². The summed E-state index contributed by atoms with van der Waals surface area (Å²) in [5, 5.41) is 10.1. The first-order valence-electron chi connectivity index (χ1n) is 4.65. The number of rotatable bonds is 3. The van der Waals surface area contributed by atoms with Crippen LogP contribution in [0.4, 0.5) is 0 Å². The SMILES string of the molecule is CCN(C)CC1(O)CCOCC1. The summed E-state index contributed by atoms with van der Waals surface area (Å²) in [5.41, 5.74) is -0.497. The van der Waals surface area contributed by atoms with E-state index in [1.54, 1.807) is 0 Å². The first-order chi connectivity index (χ1) is 5.66. The van der Waals surface area contributed by atoms with Crippen molar-refractivity contribution >= 4 is 0 Å². The Hall–Kier alpha value is -0.120. The molecule has 1 saturated heterocycles. The quantitative estimate of drug-likeness (QED) is 0.674. The van der Waals surface area contributed by atoms with Crippen molar-refractivity contribution in [3.8, 4) is 0 Å². The summed E-state index contributed by atoms with van der Waals surface area (Å²) in [6.07, 6.45) is 1.55. The van der Waals surface area contributed by atoms with Gasteiger partial charge in [0, 0.05) is 32.6 Å². The molecule has 1 rings (SSSR count). The first kappa shape index (κ1) is 9.96. The molecule has 0 unspecified atom stereocenters. The average Bonchev–Trinajstić information content (AvgIpc) is 2.05. The summed E-state index contributed by atoms with van der Waals surface area (Å²) >= 11 is 0. The van der Waals surface area contributed by atoms with Gasteiger partial charge in [-0.25, -0.2) is 0 Å². The van der Waals surface area contributed by atoms with Gasteiger partial charge < -0.3 is 14.7 Å². The molecule has 1 aliphatic rings. The Labute approximate surface area is 74.3 Å². The zero-order valence-electron chi connectivity index (χ0n) is 8.05. The molecule has 0 spiro atoms. The lowest BCUT2D eigenvalue weighted by atomic mass is 9.94. The van der Waals surface area contributed by atoms with Crippen molar-refractivity contribution in [3.05, 3.63) is 0 Å². The fourth-order valence-corrected chi connectivity index (χ4v) is 1.52. The van der Waals surface area contributed by atoms with Gasteiger partial charge in [-0.1, -0.05) is 6.92 Å². The van der Waals surface area contributed by atoms with E-state index in [2.05, 4.69) is 11.8 Å². The minimum Gasteiger partial charge on any atom is -0.388 e. The molecular formula is C9H19NO2. The van der Waals surface area contributed by atoms with Gasteiger partial charge in [0.05, 0.1) is 5.60 Å². The molecule has 1 aliphatic heterocycles. The van der Waals surface area contributed by atoms with E-state index in [0.717, 1.165) is 25.9 Å². The fraction of sp³-hybridized carbons (Fsp3) is 1.00. The molecule has 0 radical (unpaired) electrons. The van der Waals surface area contributed by atoms with Crippen LogP contribution in [-0.2, 0) is 4.74 Å². The first-order valence-corrected chi connectivity index (χ1v) is 4.65. The van der Waals surface area contributed by atoms with Gasteiger partial charge in [0.1, 0.15) is 0 Å². The minimum atomic E-state index is -0.497. The second kappa shape index (κ2) is 4.21. The zero-order chi connectivity index (χ0) is 9.03. The number of aliphatic hydroxyl groups is 1. The van der Waals surface area contributed by atoms with Crippen molar-refractivity contribution < 1.29 is 9.84 Å². The molecule has 0 saturated carbocycles. The van der Waals surface area contributed by atoms with Crippen LogP contribution in [0, 0.1) is 0 Å². The van der Waals surface area contributed by atoms with Crippen LogP contribution in [-0.4, -0.2) is 49.0 Å². The second-order valence-electron chi connectivity index (χ2n) is 3.67. The Morgan fingerprint density at radius 3 is 2.50 bits per heavy atom. The fourth-order valence-electron chi connectivity index (χ4n) is 1.52. The monoisotopic (exact) mass is 173 g/mol. The van der Waals surface area contributed by atoms with E-state index in [4.69, 9.17) is 4.74 Å². The van der Waals surface area contributed by atoms with Gasteiger partial charge in [0.2, 0.25) is 0 Å². The lowest BCUT2D eigenvalue weighted by molar-refractivity contribution is -0.0763. The van der Waals surface area contributed by atoms with E-state index in [-0.39, 0.29) is 0 Å². The van der Waals surface area contributed by atoms with E-state index in [1.165, 1.54) is 0 Å². The van der Waals surface area contributed by atoms with Gasteiger partial charge in [0.15, 0.2) is 0 Å². The number of hydrogen-bond acceptors (Lipinski definition) is 3. The molecule has 0 atom stereocenters. The molecule has 3 heteroatoms. The van der Waals surface area contributed by atoms with Crippen molar-refractivity contribution in [1.82, 2.24) is 4.90 Å². The lowest BCUT2D eigenvalue weighted by Gasteiger charge is -2.35. The molecule has 1 fully saturated rings. The summed E-state index contributed by atoms with van der Waals surface area (Å²) in [6.45, 7) is 5.26. The maximum atomic E-state index is 10.1. The van der Waals surface area contributed by atoms with Crippen molar-refractivity contribution in [3.63, 3.8) is 0 Å². The molecule has 1 heterocycles. The summed E-state index contributed by atoms with van der Waals surface area (Å²) in [5.74, 6) is 0. The third kappa shape index (κ3) is 2.73. The molecule has 0 aromatic carbocycles. The van der Waals surface area contributed by atoms with Crippen LogP contribution in [0.3, 0.4) is 0 Å². The summed E-state index contributed by atoms with van der Waals surface area (Å²) in [6, 6.07) is 0. The minimum absolute atomic E-state index is 0.497. The van der Waals surface area contributed by atoms with Crippen LogP contribution >= 0.6 is 0 Å². The number of ether oxygens (including phenoxy) is 1. The molecular weight excluding hydrogens is 154 g/mol. The molecule has 0 amide bonds. The maximum absolute atomic E-state index is 10.1. The highest BCUT2D eigenvalue weighted by molar-refractivity contribution is 4.83. The van der Waals surface area contributed by atoms with Crippen molar-refractivity contribution in [2.75, 3.05) is 33.4 Å². The number of likely N-dealkylation sites (N-methyl/N-ethyl adjacent to an activating group) is 1. The van der Waals surface area contributed by atoms with E-state index in [9.17, 15) is 5.11 Å². The molecule has 0 aromatic rings. The largest absolute Gasteiger partial charge is 0.388 e. The highest BCUT2D eigenvalue weighted by Crippen LogP contribution is 2.20. The Balaban J connectivity index is 2.35. The molecule has 1 N–H and O–H groups in total. The topological polar surface area (TPSA) is 32.7 Å². The summed E-state index contributed by atoms with van der Waals surface area (Å²) in [4.78, 5) is 2.14. The highest BCUT2D eigenvalue weighted by atomic mass is 16.5. The lowest BCUT2D eigenvalue weighted by Crippen LogP contribution is -2.45. The van der Waals surface area contributed by atoms with E-state index in [1.807, 2.05) is 7.05 Å². The molecule has 72 valence electrons. The maximum Gasteiger partial charge on any atom is 0.0817 e. The van der Waals surface area contributed by atoms with Crippen molar-refractivity contribution in [1.29, 1.82) is 0 Å². The van der Waals surface area contributed by atoms with Gasteiger partial charge in [-0.05, 0) is 13.6 Å². The van der Waals surface area contributed by atoms with Crippen LogP contribution in [0.2, 0.25) is 0 Å². The summed E-state index contributed by atoms with van der Waals surface area (Å²) < 4.78 is 5.20. The number of nitrogens with zero attached hydrogens (tertiary/aromatic N) is 1. The van der Waals surface area contributed by atoms with Crippen molar-refractivity contribution in [2.45, 2.75) is 25.4 Å². The van der Waals surface area contributed by atoms with Gasteiger partial charge in [-0.2, -0.15) is 0 Å². The predicted octanol–water partition coefficient (Wildman–Crippen LogP) is 0.480. The van der Waals surface area contributed by atoms with E-state index >= 15 is 0 Å². The second-order valence-corrected chi connectivity index (χ2v) is 3.67. The standard InChI is InChI=1S/C9H19NO2/c1-3-10(2)8-9(11)4-6-12-7-5-9/h11H,3-8H2,1-2H3. The average molecular weight is 173 g/mol. The van der Waals surface area contributed by atoms with Crippen LogP contribution in [0.1, 0.15) is 19.8 Å².